The van der Waals surface area contributed by atoms with E-state index in [9.17, 15) is 23.1 Å². The van der Waals surface area contributed by atoms with E-state index in [-0.39, 0.29) is 40.3 Å². The van der Waals surface area contributed by atoms with Gasteiger partial charge in [0.05, 0.1) is 24.7 Å². The van der Waals surface area contributed by atoms with Gasteiger partial charge in [0.25, 0.3) is 21.8 Å². The number of nitrogens with one attached hydrogen (secondary N) is 2. The van der Waals surface area contributed by atoms with E-state index in [1.807, 2.05) is 33.7 Å². The second kappa shape index (κ2) is 19.4. The van der Waals surface area contributed by atoms with Gasteiger partial charge in [0.15, 0.2) is 5.78 Å². The van der Waals surface area contributed by atoms with Gasteiger partial charge in [-0.2, -0.15) is 0 Å². The Morgan fingerprint density at radius 3 is 2.38 bits per heavy atom. The standard InChI is InChI=1S/C46H54N6O7S/c1-3-5-18-51(19-6-4-2)46(56)42-30-52(21-20-50-22-24-59-25-23-50)44(48-42)39-17-15-34(45(55)49-60(57,58)37-16-14-32-10-7-8-11-33(32)26-37)27-41(39)43(54)38-13-9-12-35-29-47-36(31-53)28-40(35)38/h7-17,26-27,30,36,47,53H,3-6,18-25,28-29,31H2,1-2H3,(H,49,55). The number of rotatable bonds is 17. The number of morpholine rings is 1. The zero-order valence-corrected chi connectivity index (χ0v) is 35.2. The number of unbranched alkanes of at least 4 members (excludes halogenated alkanes) is 2. The quantitative estimate of drug-likeness (QED) is 0.103. The van der Waals surface area contributed by atoms with Gasteiger partial charge in [-0.05, 0) is 71.5 Å². The molecule has 4 aromatic carbocycles. The number of ether oxygens (including phenoxy) is 1. The number of nitrogens with zero attached hydrogens (tertiary/aromatic N) is 4. The van der Waals surface area contributed by atoms with Crippen molar-refractivity contribution in [3.63, 3.8) is 0 Å². The molecule has 2 aliphatic rings. The van der Waals surface area contributed by atoms with Gasteiger partial charge in [-0.1, -0.05) is 75.2 Å². The lowest BCUT2D eigenvalue weighted by atomic mass is 9.86. The summed E-state index contributed by atoms with van der Waals surface area (Å²) in [5, 5.41) is 14.9. The second-order valence-corrected chi connectivity index (χ2v) is 17.2. The first-order valence-corrected chi connectivity index (χ1v) is 22.4. The number of hydrogen-bond acceptors (Lipinski definition) is 10. The number of hydrogen-bond donors (Lipinski definition) is 3. The van der Waals surface area contributed by atoms with Crippen LogP contribution >= 0.6 is 0 Å². The van der Waals surface area contributed by atoms with Crippen LogP contribution in [0.25, 0.3) is 22.2 Å². The summed E-state index contributed by atoms with van der Waals surface area (Å²) >= 11 is 0. The van der Waals surface area contributed by atoms with Crippen molar-refractivity contribution in [3.8, 4) is 11.4 Å². The Balaban J connectivity index is 1.32. The number of benzene rings is 4. The molecule has 0 spiro atoms. The Labute approximate surface area is 351 Å². The molecule has 3 N–H and O–H groups in total. The highest BCUT2D eigenvalue weighted by Crippen LogP contribution is 2.31. The molecule has 0 saturated carbocycles. The topological polar surface area (TPSA) is 163 Å². The lowest BCUT2D eigenvalue weighted by molar-refractivity contribution is 0.0364. The molecule has 1 fully saturated rings. The predicted molar refractivity (Wildman–Crippen MR) is 231 cm³/mol. The minimum absolute atomic E-state index is 0.0424. The van der Waals surface area contributed by atoms with Crippen LogP contribution in [0.5, 0.6) is 0 Å². The molecule has 7 rings (SSSR count). The molecule has 1 saturated heterocycles. The number of amides is 2. The summed E-state index contributed by atoms with van der Waals surface area (Å²) in [4.78, 5) is 52.2. The third kappa shape index (κ3) is 9.69. The van der Waals surface area contributed by atoms with E-state index in [0.717, 1.165) is 55.3 Å². The SMILES string of the molecule is CCCCN(CCCC)C(=O)c1cn(CCN2CCOCC2)c(-c2ccc(C(=O)NS(=O)(=O)c3ccc4ccccc4c3)cc2C(=O)c2cccc3c2CC(CO)NC3)n1. The summed E-state index contributed by atoms with van der Waals surface area (Å²) in [7, 11) is -4.31. The fourth-order valence-corrected chi connectivity index (χ4v) is 8.91. The van der Waals surface area contributed by atoms with E-state index in [1.165, 1.54) is 24.3 Å². The van der Waals surface area contributed by atoms with Crippen molar-refractivity contribution >= 4 is 38.4 Å². The monoisotopic (exact) mass is 834 g/mol. The number of aliphatic hydroxyl groups excluding tert-OH is 1. The Kier molecular flexibility index (Phi) is 13.9. The second-order valence-electron chi connectivity index (χ2n) is 15.5. The molecule has 3 heterocycles. The maximum atomic E-state index is 15.0. The fraction of sp³-hybridized carbons (Fsp3) is 0.391. The fourth-order valence-electron chi connectivity index (χ4n) is 7.90. The Hall–Kier alpha value is -5.25. The Morgan fingerprint density at radius 2 is 1.65 bits per heavy atom. The number of ketones is 1. The highest BCUT2D eigenvalue weighted by Gasteiger charge is 2.29. The molecule has 1 unspecified atom stereocenters. The summed E-state index contributed by atoms with van der Waals surface area (Å²) in [5.74, 6) is -1.10. The third-order valence-corrected chi connectivity index (χ3v) is 12.7. The minimum atomic E-state index is -4.31. The maximum absolute atomic E-state index is 15.0. The van der Waals surface area contributed by atoms with Crippen molar-refractivity contribution < 1.29 is 32.6 Å². The summed E-state index contributed by atoms with van der Waals surface area (Å²) in [6.45, 7) is 9.61. The molecule has 2 aliphatic heterocycles. The molecular weight excluding hydrogens is 781 g/mol. The summed E-state index contributed by atoms with van der Waals surface area (Å²) in [5.41, 5.74) is 2.85. The number of sulfonamides is 1. The van der Waals surface area contributed by atoms with Crippen LogP contribution in [0.3, 0.4) is 0 Å². The Bertz CT molecular complexity index is 2450. The van der Waals surface area contributed by atoms with E-state index in [2.05, 4.69) is 28.8 Å². The average molecular weight is 835 g/mol. The zero-order valence-electron chi connectivity index (χ0n) is 34.4. The molecule has 13 nitrogen and oxygen atoms in total. The number of fused-ring (bicyclic) bond motifs is 2. The van der Waals surface area contributed by atoms with E-state index in [1.54, 1.807) is 36.5 Å². The van der Waals surface area contributed by atoms with Gasteiger partial charge in [-0.3, -0.25) is 19.3 Å². The van der Waals surface area contributed by atoms with Crippen LogP contribution in [-0.4, -0.2) is 109 Å². The van der Waals surface area contributed by atoms with Gasteiger partial charge < -0.3 is 24.6 Å². The first-order chi connectivity index (χ1) is 29.1. The molecule has 2 amide bonds. The van der Waals surface area contributed by atoms with Gasteiger partial charge >= 0.3 is 0 Å². The summed E-state index contributed by atoms with van der Waals surface area (Å²) in [6, 6.07) is 21.7. The van der Waals surface area contributed by atoms with E-state index in [0.29, 0.717) is 74.7 Å². The van der Waals surface area contributed by atoms with Crippen molar-refractivity contribution in [1.82, 2.24) is 29.4 Å². The van der Waals surface area contributed by atoms with Crippen LogP contribution in [0.1, 0.15) is 87.4 Å². The number of aromatic nitrogens is 2. The van der Waals surface area contributed by atoms with Gasteiger partial charge in [-0.15, -0.1) is 0 Å². The van der Waals surface area contributed by atoms with E-state index in [4.69, 9.17) is 9.72 Å². The highest BCUT2D eigenvalue weighted by molar-refractivity contribution is 7.90. The van der Waals surface area contributed by atoms with Crippen molar-refractivity contribution in [1.29, 1.82) is 0 Å². The molecule has 14 heteroatoms. The number of carbonyl (C=O) groups is 3. The molecule has 0 radical (unpaired) electrons. The number of imidazole rings is 1. The van der Waals surface area contributed by atoms with E-state index >= 15 is 4.79 Å². The predicted octanol–water partition coefficient (Wildman–Crippen LogP) is 5.43. The summed E-state index contributed by atoms with van der Waals surface area (Å²) in [6.07, 6.45) is 5.74. The van der Waals surface area contributed by atoms with Gasteiger partial charge in [0, 0.05) is 80.3 Å². The first-order valence-electron chi connectivity index (χ1n) is 21.0. The largest absolute Gasteiger partial charge is 0.395 e. The normalized spacial score (nSPS) is 15.8. The highest BCUT2D eigenvalue weighted by atomic mass is 32.2. The number of aliphatic hydroxyl groups is 1. The van der Waals surface area contributed by atoms with Crippen molar-refractivity contribution in [2.45, 2.75) is 70.0 Å². The molecule has 1 atom stereocenters. The third-order valence-electron chi connectivity index (χ3n) is 11.4. The van der Waals surface area contributed by atoms with Crippen LogP contribution < -0.4 is 10.0 Å². The zero-order chi connectivity index (χ0) is 42.2. The first kappa shape index (κ1) is 42.9. The lowest BCUT2D eigenvalue weighted by Gasteiger charge is -2.27. The van der Waals surface area contributed by atoms with Crippen LogP contribution in [0.4, 0.5) is 0 Å². The lowest BCUT2D eigenvalue weighted by Crippen LogP contribution is -2.39. The van der Waals surface area contributed by atoms with Crippen molar-refractivity contribution in [2.75, 3.05) is 52.5 Å². The number of carbonyl (C=O) groups excluding carboxylic acids is 3. The van der Waals surface area contributed by atoms with Gasteiger partial charge in [-0.25, -0.2) is 18.1 Å². The van der Waals surface area contributed by atoms with Gasteiger partial charge in [0.1, 0.15) is 11.5 Å². The molecule has 5 aromatic rings. The van der Waals surface area contributed by atoms with Crippen LogP contribution in [0, 0.1) is 0 Å². The maximum Gasteiger partial charge on any atom is 0.274 e. The molecular formula is C46H54N6O7S. The summed E-state index contributed by atoms with van der Waals surface area (Å²) < 4.78 is 36.9. The average Bonchev–Trinajstić information content (AvgIpc) is 3.71. The van der Waals surface area contributed by atoms with E-state index < -0.39 is 21.7 Å². The molecule has 316 valence electrons. The minimum Gasteiger partial charge on any atom is -0.395 e. The van der Waals surface area contributed by atoms with Crippen molar-refractivity contribution in [2.24, 2.45) is 0 Å². The smallest absolute Gasteiger partial charge is 0.274 e. The molecule has 60 heavy (non-hydrogen) atoms. The van der Waals surface area contributed by atoms with Crippen LogP contribution in [0.15, 0.2) is 90.0 Å². The van der Waals surface area contributed by atoms with Crippen LogP contribution in [0.2, 0.25) is 0 Å². The Morgan fingerprint density at radius 1 is 0.900 bits per heavy atom. The molecule has 0 bridgehead atoms. The molecule has 1 aromatic heterocycles. The van der Waals surface area contributed by atoms with Crippen molar-refractivity contribution in [3.05, 3.63) is 119 Å². The van der Waals surface area contributed by atoms with Gasteiger partial charge in [0.2, 0.25) is 0 Å². The molecule has 0 aliphatic carbocycles. The van der Waals surface area contributed by atoms with Crippen LogP contribution in [-0.2, 0) is 34.3 Å².